The molecule has 36 heavy (non-hydrogen) atoms. The summed E-state index contributed by atoms with van der Waals surface area (Å²) in [6, 6.07) is 5.38. The summed E-state index contributed by atoms with van der Waals surface area (Å²) in [5.74, 6) is -2.48. The van der Waals surface area contributed by atoms with Gasteiger partial charge in [0.2, 0.25) is 0 Å². The van der Waals surface area contributed by atoms with E-state index in [1.54, 1.807) is 12.1 Å². The molecule has 8 nitrogen and oxygen atoms in total. The van der Waals surface area contributed by atoms with Crippen LogP contribution in [-0.4, -0.2) is 45.2 Å². The fourth-order valence-corrected chi connectivity index (χ4v) is 5.80. The van der Waals surface area contributed by atoms with Crippen LogP contribution in [0.4, 0.5) is 0 Å². The van der Waals surface area contributed by atoms with Crippen LogP contribution in [0.25, 0.3) is 0 Å². The molecule has 0 spiro atoms. The predicted octanol–water partition coefficient (Wildman–Crippen LogP) is 4.19. The monoisotopic (exact) mass is 497 g/mol. The first-order valence-electron chi connectivity index (χ1n) is 12.6. The third-order valence-corrected chi connectivity index (χ3v) is 7.53. The second-order valence-corrected chi connectivity index (χ2v) is 9.78. The average molecular weight is 498 g/mol. The van der Waals surface area contributed by atoms with Crippen molar-refractivity contribution in [3.63, 3.8) is 0 Å². The Morgan fingerprint density at radius 2 is 1.75 bits per heavy atom. The molecular weight excluding hydrogens is 462 g/mol. The van der Waals surface area contributed by atoms with Crippen molar-refractivity contribution in [1.29, 1.82) is 0 Å². The number of carbonyl (C=O) groups excluding carboxylic acids is 3. The Morgan fingerprint density at radius 1 is 1.03 bits per heavy atom. The fourth-order valence-electron chi connectivity index (χ4n) is 5.80. The van der Waals surface area contributed by atoms with E-state index in [0.29, 0.717) is 46.0 Å². The zero-order chi connectivity index (χ0) is 26.0. The molecule has 0 bridgehead atoms. The number of hydrogen-bond acceptors (Lipinski definition) is 8. The summed E-state index contributed by atoms with van der Waals surface area (Å²) in [6.07, 6.45) is 5.15. The number of esters is 2. The molecule has 3 aliphatic rings. The first-order valence-corrected chi connectivity index (χ1v) is 12.6. The van der Waals surface area contributed by atoms with E-state index in [9.17, 15) is 14.4 Å². The van der Waals surface area contributed by atoms with E-state index in [4.69, 9.17) is 18.9 Å². The molecule has 0 unspecified atom stereocenters. The molecule has 0 saturated heterocycles. The average Bonchev–Trinajstić information content (AvgIpc) is 2.87. The molecule has 194 valence electrons. The van der Waals surface area contributed by atoms with E-state index >= 15 is 0 Å². The normalized spacial score (nSPS) is 24.6. The third-order valence-electron chi connectivity index (χ3n) is 7.53. The van der Waals surface area contributed by atoms with Gasteiger partial charge in [-0.3, -0.25) is 9.59 Å². The molecule has 1 heterocycles. The molecule has 1 aliphatic heterocycles. The van der Waals surface area contributed by atoms with E-state index in [1.165, 1.54) is 21.3 Å². The number of para-hydroxylation sites is 1. The van der Waals surface area contributed by atoms with Gasteiger partial charge >= 0.3 is 11.9 Å². The number of benzene rings is 1. The number of allylic oxidation sites excluding steroid dienone is 3. The summed E-state index contributed by atoms with van der Waals surface area (Å²) in [7, 11) is 4.34. The first kappa shape index (κ1) is 25.8. The van der Waals surface area contributed by atoms with Gasteiger partial charge in [0.15, 0.2) is 17.3 Å². The van der Waals surface area contributed by atoms with Crippen LogP contribution in [-0.2, 0) is 23.9 Å². The van der Waals surface area contributed by atoms with Crippen molar-refractivity contribution in [2.75, 3.05) is 21.3 Å². The van der Waals surface area contributed by atoms with Gasteiger partial charge < -0.3 is 24.3 Å². The van der Waals surface area contributed by atoms with Crippen molar-refractivity contribution in [1.82, 2.24) is 5.32 Å². The Hall–Kier alpha value is -3.29. The van der Waals surface area contributed by atoms with Crippen LogP contribution >= 0.6 is 0 Å². The molecule has 0 amide bonds. The fraction of sp³-hybridized carbons (Fsp3) is 0.536. The molecule has 3 atom stereocenters. The number of carbonyl (C=O) groups is 3. The second kappa shape index (κ2) is 10.8. The third kappa shape index (κ3) is 4.61. The van der Waals surface area contributed by atoms with Crippen molar-refractivity contribution >= 4 is 17.7 Å². The van der Waals surface area contributed by atoms with Gasteiger partial charge in [0.1, 0.15) is 12.0 Å². The summed E-state index contributed by atoms with van der Waals surface area (Å²) in [5, 5.41) is 3.30. The topological polar surface area (TPSA) is 100 Å². The molecule has 2 aliphatic carbocycles. The minimum atomic E-state index is -0.955. The van der Waals surface area contributed by atoms with Gasteiger partial charge in [-0.15, -0.1) is 0 Å². The lowest BCUT2D eigenvalue weighted by Crippen LogP contribution is -2.43. The molecule has 1 aromatic rings. The first-order chi connectivity index (χ1) is 17.3. The predicted molar refractivity (Wildman–Crippen MR) is 132 cm³/mol. The number of ketones is 1. The van der Waals surface area contributed by atoms with E-state index in [-0.39, 0.29) is 17.8 Å². The van der Waals surface area contributed by atoms with Crippen LogP contribution in [0, 0.1) is 11.8 Å². The lowest BCUT2D eigenvalue weighted by Gasteiger charge is -2.39. The summed E-state index contributed by atoms with van der Waals surface area (Å²) in [5.41, 5.74) is 2.65. The van der Waals surface area contributed by atoms with E-state index < -0.39 is 23.8 Å². The lowest BCUT2D eigenvalue weighted by atomic mass is 9.69. The quantitative estimate of drug-likeness (QED) is 0.461. The number of nitrogens with one attached hydrogen (secondary N) is 1. The maximum atomic E-state index is 13.9. The van der Waals surface area contributed by atoms with Crippen LogP contribution in [0.1, 0.15) is 63.9 Å². The van der Waals surface area contributed by atoms with Crippen molar-refractivity contribution in [3.05, 3.63) is 46.3 Å². The van der Waals surface area contributed by atoms with Gasteiger partial charge in [0.25, 0.3) is 0 Å². The van der Waals surface area contributed by atoms with Crippen molar-refractivity contribution in [2.45, 2.75) is 64.4 Å². The highest BCUT2D eigenvalue weighted by Gasteiger charge is 2.48. The van der Waals surface area contributed by atoms with Gasteiger partial charge in [-0.1, -0.05) is 25.5 Å². The Kier molecular flexibility index (Phi) is 7.71. The molecule has 1 fully saturated rings. The largest absolute Gasteiger partial charge is 0.493 e. The number of ether oxygens (including phenoxy) is 4. The Balaban J connectivity index is 1.86. The number of methoxy groups -OCH3 is 3. The summed E-state index contributed by atoms with van der Waals surface area (Å²) in [6.45, 7) is 3.68. The smallest absolute Gasteiger partial charge is 0.337 e. The van der Waals surface area contributed by atoms with Gasteiger partial charge in [-0.05, 0) is 51.0 Å². The minimum absolute atomic E-state index is 0.153. The summed E-state index contributed by atoms with van der Waals surface area (Å²) in [4.78, 5) is 40.3. The number of hydrogen-bond donors (Lipinski definition) is 1. The minimum Gasteiger partial charge on any atom is -0.493 e. The van der Waals surface area contributed by atoms with Gasteiger partial charge in [-0.2, -0.15) is 0 Å². The molecule has 8 heteroatoms. The molecule has 0 aromatic heterocycles. The van der Waals surface area contributed by atoms with Crippen LogP contribution < -0.4 is 14.8 Å². The Bertz CT molecular complexity index is 1110. The SMILES string of the molecule is COC(=O)[C@H]1C(=O)C2=C(C[C@H]1C)NC(C)=C(C(=O)OC1CCCCC1)[C@H]2c1cccc(OC)c1OC. The molecule has 1 N–H and O–H groups in total. The highest BCUT2D eigenvalue weighted by atomic mass is 16.5. The van der Waals surface area contributed by atoms with Gasteiger partial charge in [0.05, 0.1) is 32.8 Å². The molecular formula is C28H35NO7. The Morgan fingerprint density at radius 3 is 2.39 bits per heavy atom. The zero-order valence-corrected chi connectivity index (χ0v) is 21.6. The van der Waals surface area contributed by atoms with E-state index in [0.717, 1.165) is 32.1 Å². The highest BCUT2D eigenvalue weighted by Crippen LogP contribution is 2.49. The molecule has 1 aromatic carbocycles. The summed E-state index contributed by atoms with van der Waals surface area (Å²) >= 11 is 0. The maximum Gasteiger partial charge on any atom is 0.337 e. The Labute approximate surface area is 212 Å². The van der Waals surface area contributed by atoms with Gasteiger partial charge in [-0.25, -0.2) is 4.79 Å². The highest BCUT2D eigenvalue weighted by molar-refractivity contribution is 6.12. The van der Waals surface area contributed by atoms with Crippen molar-refractivity contribution < 1.29 is 33.3 Å². The van der Waals surface area contributed by atoms with Crippen molar-refractivity contribution in [2.24, 2.45) is 11.8 Å². The maximum absolute atomic E-state index is 13.9. The van der Waals surface area contributed by atoms with Crippen molar-refractivity contribution in [3.8, 4) is 11.5 Å². The lowest BCUT2D eigenvalue weighted by molar-refractivity contribution is -0.151. The second-order valence-electron chi connectivity index (χ2n) is 9.78. The standard InChI is InChI=1S/C28H35NO7/c1-15-14-19-24(25(30)21(15)27(31)35-5)23(18-12-9-13-20(33-3)26(18)34-4)22(16(2)29-19)28(32)36-17-10-7-6-8-11-17/h9,12-13,15,17,21,23,29H,6-8,10-11,14H2,1-5H3/t15-,21-,23-/m1/s1. The number of Topliss-reactive ketones (excluding diaryl/α,β-unsaturated/α-hetero) is 1. The number of dihydropyridines is 1. The molecule has 1 saturated carbocycles. The van der Waals surface area contributed by atoms with Crippen LogP contribution in [0.2, 0.25) is 0 Å². The van der Waals surface area contributed by atoms with E-state index in [2.05, 4.69) is 5.32 Å². The summed E-state index contributed by atoms with van der Waals surface area (Å²) < 4.78 is 22.2. The van der Waals surface area contributed by atoms with E-state index in [1.807, 2.05) is 19.9 Å². The molecule has 4 rings (SSSR count). The number of rotatable bonds is 6. The van der Waals surface area contributed by atoms with Crippen LogP contribution in [0.15, 0.2) is 40.7 Å². The molecule has 0 radical (unpaired) electrons. The van der Waals surface area contributed by atoms with Gasteiger partial charge in [0, 0.05) is 22.5 Å². The van der Waals surface area contributed by atoms with Crippen LogP contribution in [0.3, 0.4) is 0 Å². The zero-order valence-electron chi connectivity index (χ0n) is 21.6. The van der Waals surface area contributed by atoms with Crippen LogP contribution in [0.5, 0.6) is 11.5 Å².